The van der Waals surface area contributed by atoms with Crippen molar-refractivity contribution in [3.8, 4) is 5.75 Å². The number of methoxy groups -OCH3 is 1. The Kier molecular flexibility index (Phi) is 7.17. The van der Waals surface area contributed by atoms with Crippen molar-refractivity contribution in [1.82, 2.24) is 24.3 Å². The van der Waals surface area contributed by atoms with E-state index in [1.54, 1.807) is 18.9 Å². The molecule has 0 bridgehead atoms. The van der Waals surface area contributed by atoms with Crippen molar-refractivity contribution in [1.29, 1.82) is 0 Å². The second-order valence-electron chi connectivity index (χ2n) is 8.28. The molecule has 0 amide bonds. The lowest BCUT2D eigenvalue weighted by Gasteiger charge is -2.25. The van der Waals surface area contributed by atoms with Gasteiger partial charge in [0.05, 0.1) is 19.4 Å². The molecule has 0 saturated heterocycles. The first-order chi connectivity index (χ1) is 15.2. The number of hydrogen-bond donors (Lipinski definition) is 1. The summed E-state index contributed by atoms with van der Waals surface area (Å²) in [7, 11) is 1.69. The van der Waals surface area contributed by atoms with Gasteiger partial charge in [-0.25, -0.2) is 4.98 Å². The maximum absolute atomic E-state index is 5.34. The summed E-state index contributed by atoms with van der Waals surface area (Å²) < 4.78 is 9.94. The summed E-state index contributed by atoms with van der Waals surface area (Å²) in [4.78, 5) is 4.55. The monoisotopic (exact) mass is 440 g/mol. The minimum Gasteiger partial charge on any atom is -0.497 e. The van der Waals surface area contributed by atoms with Gasteiger partial charge in [-0.1, -0.05) is 37.1 Å². The molecule has 1 N–H and O–H groups in total. The molecule has 0 unspecified atom stereocenters. The first-order valence-corrected chi connectivity index (χ1v) is 12.1. The molecule has 4 rings (SSSR count). The van der Waals surface area contributed by atoms with E-state index >= 15 is 0 Å². The minimum absolute atomic E-state index is 0.400. The van der Waals surface area contributed by atoms with Gasteiger partial charge in [0, 0.05) is 36.2 Å². The van der Waals surface area contributed by atoms with E-state index in [-0.39, 0.29) is 0 Å². The molecular weight excluding hydrogens is 408 g/mol. The molecular formula is C23H32N6OS. The highest BCUT2D eigenvalue weighted by Gasteiger charge is 2.23. The fourth-order valence-corrected chi connectivity index (χ4v) is 5.18. The Labute approximate surface area is 188 Å². The van der Waals surface area contributed by atoms with E-state index in [9.17, 15) is 0 Å². The van der Waals surface area contributed by atoms with E-state index in [0.29, 0.717) is 18.6 Å². The summed E-state index contributed by atoms with van der Waals surface area (Å²) in [5.41, 5.74) is 1.02. The van der Waals surface area contributed by atoms with Crippen LogP contribution < -0.4 is 10.1 Å². The first kappa shape index (κ1) is 21.7. The maximum Gasteiger partial charge on any atom is 0.191 e. The van der Waals surface area contributed by atoms with E-state index in [1.165, 1.54) is 32.1 Å². The Morgan fingerprint density at radius 3 is 2.77 bits per heavy atom. The second-order valence-corrected chi connectivity index (χ2v) is 9.22. The van der Waals surface area contributed by atoms with Gasteiger partial charge in [-0.15, -0.1) is 10.2 Å². The van der Waals surface area contributed by atoms with Crippen LogP contribution in [-0.2, 0) is 12.3 Å². The SMILES string of the molecule is COc1cccc(NCc2nnc(SCc3nccn3C(C)C)n2C2CCCCC2)c1. The van der Waals surface area contributed by atoms with E-state index < -0.39 is 0 Å². The van der Waals surface area contributed by atoms with Crippen LogP contribution in [0, 0.1) is 0 Å². The molecule has 7 nitrogen and oxygen atoms in total. The number of rotatable bonds is 9. The molecule has 0 atom stereocenters. The van der Waals surface area contributed by atoms with Gasteiger partial charge < -0.3 is 19.2 Å². The van der Waals surface area contributed by atoms with Gasteiger partial charge in [0.1, 0.15) is 11.6 Å². The van der Waals surface area contributed by atoms with Crippen LogP contribution in [0.25, 0.3) is 0 Å². The van der Waals surface area contributed by atoms with Crippen LogP contribution in [0.3, 0.4) is 0 Å². The van der Waals surface area contributed by atoms with Crippen LogP contribution in [0.1, 0.15) is 69.7 Å². The van der Waals surface area contributed by atoms with Crippen molar-refractivity contribution < 1.29 is 4.74 Å². The van der Waals surface area contributed by atoms with Crippen LogP contribution in [0.4, 0.5) is 5.69 Å². The van der Waals surface area contributed by atoms with E-state index in [0.717, 1.165) is 34.0 Å². The molecule has 31 heavy (non-hydrogen) atoms. The van der Waals surface area contributed by atoms with E-state index in [2.05, 4.69) is 49.7 Å². The lowest BCUT2D eigenvalue weighted by molar-refractivity contribution is 0.330. The van der Waals surface area contributed by atoms with Crippen molar-refractivity contribution in [2.75, 3.05) is 12.4 Å². The maximum atomic E-state index is 5.34. The molecule has 8 heteroatoms. The predicted molar refractivity (Wildman–Crippen MR) is 125 cm³/mol. The molecule has 1 aromatic carbocycles. The second kappa shape index (κ2) is 10.2. The van der Waals surface area contributed by atoms with Crippen LogP contribution in [0.5, 0.6) is 5.75 Å². The average Bonchev–Trinajstić information content (AvgIpc) is 3.44. The van der Waals surface area contributed by atoms with Crippen LogP contribution in [-0.4, -0.2) is 31.4 Å². The average molecular weight is 441 g/mol. The lowest BCUT2D eigenvalue weighted by atomic mass is 9.95. The molecule has 1 saturated carbocycles. The van der Waals surface area contributed by atoms with E-state index in [4.69, 9.17) is 4.74 Å². The molecule has 166 valence electrons. The van der Waals surface area contributed by atoms with Crippen LogP contribution in [0.15, 0.2) is 41.8 Å². The van der Waals surface area contributed by atoms with Gasteiger partial charge in [0.2, 0.25) is 0 Å². The molecule has 0 spiro atoms. The number of anilines is 1. The Balaban J connectivity index is 1.52. The third kappa shape index (κ3) is 5.23. The number of nitrogens with zero attached hydrogens (tertiary/aromatic N) is 5. The molecule has 1 fully saturated rings. The van der Waals surface area contributed by atoms with Gasteiger partial charge in [0.25, 0.3) is 0 Å². The van der Waals surface area contributed by atoms with Crippen molar-refractivity contribution in [3.05, 3.63) is 48.3 Å². The predicted octanol–water partition coefficient (Wildman–Crippen LogP) is 5.47. The van der Waals surface area contributed by atoms with Crippen molar-refractivity contribution >= 4 is 17.4 Å². The summed E-state index contributed by atoms with van der Waals surface area (Å²) >= 11 is 1.74. The fraction of sp³-hybridized carbons (Fsp3) is 0.522. The Morgan fingerprint density at radius 1 is 1.16 bits per heavy atom. The fourth-order valence-electron chi connectivity index (χ4n) is 4.20. The molecule has 2 heterocycles. The number of ether oxygens (including phenoxy) is 1. The molecule has 2 aromatic heterocycles. The topological polar surface area (TPSA) is 69.8 Å². The zero-order valence-electron chi connectivity index (χ0n) is 18.6. The Morgan fingerprint density at radius 2 is 2.00 bits per heavy atom. The normalized spacial score (nSPS) is 14.8. The lowest BCUT2D eigenvalue weighted by Crippen LogP contribution is -2.18. The summed E-state index contributed by atoms with van der Waals surface area (Å²) in [5, 5.41) is 13.6. The summed E-state index contributed by atoms with van der Waals surface area (Å²) in [5.74, 6) is 3.70. The van der Waals surface area contributed by atoms with Crippen molar-refractivity contribution in [3.63, 3.8) is 0 Å². The zero-order chi connectivity index (χ0) is 21.6. The number of imidazole rings is 1. The number of thioether (sulfide) groups is 1. The molecule has 0 radical (unpaired) electrons. The number of hydrogen-bond acceptors (Lipinski definition) is 6. The van der Waals surface area contributed by atoms with Gasteiger partial charge in [0.15, 0.2) is 11.0 Å². The minimum atomic E-state index is 0.400. The van der Waals surface area contributed by atoms with Crippen molar-refractivity contribution in [2.45, 2.75) is 75.5 Å². The largest absolute Gasteiger partial charge is 0.497 e. The third-order valence-electron chi connectivity index (χ3n) is 5.83. The summed E-state index contributed by atoms with van der Waals surface area (Å²) in [6.45, 7) is 5.00. The smallest absolute Gasteiger partial charge is 0.191 e. The zero-order valence-corrected chi connectivity index (χ0v) is 19.4. The van der Waals surface area contributed by atoms with Gasteiger partial charge >= 0.3 is 0 Å². The molecule has 0 aliphatic heterocycles. The summed E-state index contributed by atoms with van der Waals surface area (Å²) in [6.07, 6.45) is 10.2. The molecule has 1 aliphatic rings. The number of benzene rings is 1. The highest BCUT2D eigenvalue weighted by Crippen LogP contribution is 2.34. The van der Waals surface area contributed by atoms with Crippen LogP contribution in [0.2, 0.25) is 0 Å². The Bertz CT molecular complexity index is 976. The molecule has 3 aromatic rings. The third-order valence-corrected chi connectivity index (χ3v) is 6.77. The quantitative estimate of drug-likeness (QED) is 0.445. The number of nitrogens with one attached hydrogen (secondary N) is 1. The summed E-state index contributed by atoms with van der Waals surface area (Å²) in [6, 6.07) is 8.86. The highest BCUT2D eigenvalue weighted by molar-refractivity contribution is 7.98. The Hall–Kier alpha value is -2.48. The van der Waals surface area contributed by atoms with E-state index in [1.807, 2.05) is 30.5 Å². The van der Waals surface area contributed by atoms with Crippen LogP contribution >= 0.6 is 11.8 Å². The van der Waals surface area contributed by atoms with Gasteiger partial charge in [-0.05, 0) is 38.8 Å². The van der Waals surface area contributed by atoms with Crippen molar-refractivity contribution in [2.24, 2.45) is 0 Å². The first-order valence-electron chi connectivity index (χ1n) is 11.1. The standard InChI is InChI=1S/C23H32N6OS/c1-17(2)28-13-12-24-22(28)16-31-23-27-26-21(29(23)19-9-5-4-6-10-19)15-25-18-8-7-11-20(14-18)30-3/h7-8,11-14,17,19,25H,4-6,9-10,15-16H2,1-3H3. The van der Waals surface area contributed by atoms with Gasteiger partial charge in [-0.3, -0.25) is 0 Å². The molecule has 1 aliphatic carbocycles. The van der Waals surface area contributed by atoms with Gasteiger partial charge in [-0.2, -0.15) is 0 Å². The number of aromatic nitrogens is 5. The highest BCUT2D eigenvalue weighted by atomic mass is 32.2.